The third-order valence-corrected chi connectivity index (χ3v) is 5.84. The molecule has 2 aromatic carbocycles. The van der Waals surface area contributed by atoms with E-state index in [-0.39, 0.29) is 12.3 Å². The normalized spacial score (nSPS) is 10.6. The number of ether oxygens (including phenoxy) is 2. The Morgan fingerprint density at radius 3 is 2.19 bits per heavy atom. The minimum atomic E-state index is -0.104. The number of hydrogen-bond donors (Lipinski definition) is 1. The van der Waals surface area contributed by atoms with Crippen molar-refractivity contribution in [3.05, 3.63) is 77.7 Å². The van der Waals surface area contributed by atoms with Crippen molar-refractivity contribution in [1.29, 1.82) is 0 Å². The predicted octanol–water partition coefficient (Wildman–Crippen LogP) is 4.95. The predicted molar refractivity (Wildman–Crippen MR) is 120 cm³/mol. The van der Waals surface area contributed by atoms with Gasteiger partial charge in [-0.25, -0.2) is 4.98 Å². The van der Waals surface area contributed by atoms with Crippen LogP contribution in [0.1, 0.15) is 10.8 Å². The van der Waals surface area contributed by atoms with E-state index in [1.54, 1.807) is 26.5 Å². The Labute approximate surface area is 184 Å². The third kappa shape index (κ3) is 4.95. The van der Waals surface area contributed by atoms with Crippen LogP contribution in [0, 0.1) is 0 Å². The number of carbonyl (C=O) groups is 1. The summed E-state index contributed by atoms with van der Waals surface area (Å²) in [6.07, 6.45) is 1.79. The number of furan rings is 1. The van der Waals surface area contributed by atoms with Crippen LogP contribution < -0.4 is 14.8 Å². The lowest BCUT2D eigenvalue weighted by atomic mass is 10.1. The van der Waals surface area contributed by atoms with Crippen LogP contribution in [0.15, 0.2) is 71.3 Å². The van der Waals surface area contributed by atoms with Gasteiger partial charge < -0.3 is 19.2 Å². The highest BCUT2D eigenvalue weighted by Crippen LogP contribution is 2.38. The van der Waals surface area contributed by atoms with E-state index in [9.17, 15) is 4.79 Å². The van der Waals surface area contributed by atoms with Gasteiger partial charge in [0.15, 0.2) is 0 Å². The van der Waals surface area contributed by atoms with Crippen LogP contribution in [0.4, 0.5) is 0 Å². The minimum absolute atomic E-state index is 0.104. The maximum atomic E-state index is 12.4. The maximum Gasteiger partial charge on any atom is 0.227 e. The molecule has 0 aliphatic rings. The number of nitrogens with zero attached hydrogens (tertiary/aromatic N) is 1. The Bertz CT molecular complexity index is 1070. The van der Waals surface area contributed by atoms with Gasteiger partial charge in [0.25, 0.3) is 0 Å². The van der Waals surface area contributed by atoms with Gasteiger partial charge in [-0.15, -0.1) is 11.3 Å². The summed E-state index contributed by atoms with van der Waals surface area (Å²) in [4.78, 5) is 18.3. The van der Waals surface area contributed by atoms with Gasteiger partial charge in [-0.1, -0.05) is 0 Å². The molecular formula is C24H22N2O4S. The number of aromatic nitrogens is 1. The molecule has 4 aromatic rings. The van der Waals surface area contributed by atoms with Crippen molar-refractivity contribution in [2.24, 2.45) is 0 Å². The number of benzene rings is 2. The summed E-state index contributed by atoms with van der Waals surface area (Å²) in [6, 6.07) is 19.2. The van der Waals surface area contributed by atoms with Crippen molar-refractivity contribution in [2.75, 3.05) is 14.2 Å². The Hall–Kier alpha value is -3.58. The van der Waals surface area contributed by atoms with Gasteiger partial charge in [-0.3, -0.25) is 4.79 Å². The average Bonchev–Trinajstić information content (AvgIpc) is 3.48. The molecule has 2 heterocycles. The molecule has 0 aliphatic heterocycles. The van der Waals surface area contributed by atoms with Crippen LogP contribution >= 0.6 is 11.3 Å². The molecule has 6 nitrogen and oxygen atoms in total. The quantitative estimate of drug-likeness (QED) is 0.425. The fraction of sp³-hybridized carbons (Fsp3) is 0.167. The van der Waals surface area contributed by atoms with Crippen molar-refractivity contribution in [3.8, 4) is 33.2 Å². The monoisotopic (exact) mass is 434 g/mol. The summed E-state index contributed by atoms with van der Waals surface area (Å²) in [5.41, 5.74) is 2.82. The fourth-order valence-corrected chi connectivity index (χ4v) is 4.21. The second-order valence-corrected chi connectivity index (χ2v) is 7.86. The Morgan fingerprint density at radius 2 is 1.61 bits per heavy atom. The lowest BCUT2D eigenvalue weighted by Crippen LogP contribution is -2.24. The van der Waals surface area contributed by atoms with Crippen LogP contribution in [0.5, 0.6) is 11.5 Å². The van der Waals surface area contributed by atoms with Crippen molar-refractivity contribution < 1.29 is 18.7 Å². The Kier molecular flexibility index (Phi) is 6.33. The van der Waals surface area contributed by atoms with E-state index >= 15 is 0 Å². The summed E-state index contributed by atoms with van der Waals surface area (Å²) < 4.78 is 15.8. The van der Waals surface area contributed by atoms with Gasteiger partial charge in [0.05, 0.1) is 44.0 Å². The minimum Gasteiger partial charge on any atom is -0.497 e. The van der Waals surface area contributed by atoms with E-state index in [4.69, 9.17) is 18.9 Å². The zero-order valence-corrected chi connectivity index (χ0v) is 18.1. The Morgan fingerprint density at radius 1 is 0.968 bits per heavy atom. The molecule has 1 N–H and O–H groups in total. The molecule has 158 valence electrons. The topological polar surface area (TPSA) is 73.6 Å². The number of rotatable bonds is 8. The number of nitrogens with one attached hydrogen (secondary N) is 1. The first-order valence-electron chi connectivity index (χ1n) is 9.74. The summed E-state index contributed by atoms with van der Waals surface area (Å²) in [6.45, 7) is 0.355. The first-order chi connectivity index (χ1) is 15.2. The van der Waals surface area contributed by atoms with Crippen LogP contribution in [-0.2, 0) is 17.8 Å². The van der Waals surface area contributed by atoms with Crippen molar-refractivity contribution in [1.82, 2.24) is 10.3 Å². The van der Waals surface area contributed by atoms with Crippen molar-refractivity contribution >= 4 is 17.2 Å². The smallest absolute Gasteiger partial charge is 0.227 e. The molecule has 4 rings (SSSR count). The molecule has 31 heavy (non-hydrogen) atoms. The first kappa shape index (κ1) is 20.7. The van der Waals surface area contributed by atoms with Crippen molar-refractivity contribution in [2.45, 2.75) is 13.0 Å². The molecule has 0 unspecified atom stereocenters. The summed E-state index contributed by atoms with van der Waals surface area (Å²) in [5.74, 6) is 2.18. The van der Waals surface area contributed by atoms with E-state index in [0.29, 0.717) is 12.3 Å². The second-order valence-electron chi connectivity index (χ2n) is 6.78. The number of amides is 1. The third-order valence-electron chi connectivity index (χ3n) is 4.74. The van der Waals surface area contributed by atoms with Gasteiger partial charge >= 0.3 is 0 Å². The number of hydrogen-bond acceptors (Lipinski definition) is 6. The fourth-order valence-electron chi connectivity index (χ4n) is 3.12. The first-order valence-corrected chi connectivity index (χ1v) is 10.6. The van der Waals surface area contributed by atoms with Crippen LogP contribution in [0.3, 0.4) is 0 Å². The molecule has 7 heteroatoms. The average molecular weight is 435 g/mol. The van der Waals surface area contributed by atoms with E-state index in [0.717, 1.165) is 38.2 Å². The van der Waals surface area contributed by atoms with E-state index in [2.05, 4.69) is 5.32 Å². The van der Waals surface area contributed by atoms with Gasteiger partial charge in [-0.05, 0) is 66.2 Å². The van der Waals surface area contributed by atoms with E-state index < -0.39 is 0 Å². The lowest BCUT2D eigenvalue weighted by Gasteiger charge is -2.05. The number of carbonyl (C=O) groups excluding carboxylic acids is 1. The molecule has 0 bridgehead atoms. The number of methoxy groups -OCH3 is 2. The van der Waals surface area contributed by atoms with Gasteiger partial charge in [0.2, 0.25) is 5.91 Å². The summed E-state index contributed by atoms with van der Waals surface area (Å²) in [7, 11) is 3.28. The molecule has 0 saturated heterocycles. The summed E-state index contributed by atoms with van der Waals surface area (Å²) >= 11 is 1.52. The highest BCUT2D eigenvalue weighted by Gasteiger charge is 2.17. The van der Waals surface area contributed by atoms with Gasteiger partial charge in [-0.2, -0.15) is 0 Å². The molecule has 0 atom stereocenters. The molecule has 0 spiro atoms. The maximum absolute atomic E-state index is 12.4. The van der Waals surface area contributed by atoms with Crippen LogP contribution in [0.25, 0.3) is 21.7 Å². The molecule has 0 aliphatic carbocycles. The van der Waals surface area contributed by atoms with Crippen LogP contribution in [0.2, 0.25) is 0 Å². The standard InChI is InChI=1S/C24H22N2O4S/c1-28-18-9-5-16(6-10-18)23-24(17-7-11-19(29-2)12-8-17)31-22(26-23)14-21(27)25-15-20-4-3-13-30-20/h3-13H,14-15H2,1-2H3,(H,25,27). The van der Waals surface area contributed by atoms with Gasteiger partial charge in [0, 0.05) is 5.56 Å². The lowest BCUT2D eigenvalue weighted by molar-refractivity contribution is -0.120. The Balaban J connectivity index is 1.61. The highest BCUT2D eigenvalue weighted by atomic mass is 32.1. The molecule has 0 saturated carbocycles. The van der Waals surface area contributed by atoms with E-state index in [1.807, 2.05) is 54.6 Å². The molecule has 1 amide bonds. The molecule has 0 radical (unpaired) electrons. The molecular weight excluding hydrogens is 412 g/mol. The largest absolute Gasteiger partial charge is 0.497 e. The molecule has 2 aromatic heterocycles. The molecule has 0 fully saturated rings. The van der Waals surface area contributed by atoms with Crippen molar-refractivity contribution in [3.63, 3.8) is 0 Å². The zero-order valence-electron chi connectivity index (χ0n) is 17.3. The zero-order chi connectivity index (χ0) is 21.6. The SMILES string of the molecule is COc1ccc(-c2nc(CC(=O)NCc3ccco3)sc2-c2ccc(OC)cc2)cc1. The number of thiazole rings is 1. The van der Waals surface area contributed by atoms with Crippen LogP contribution in [-0.4, -0.2) is 25.1 Å². The summed E-state index contributed by atoms with van der Waals surface area (Å²) in [5, 5.41) is 3.62. The second kappa shape index (κ2) is 9.49. The van der Waals surface area contributed by atoms with E-state index in [1.165, 1.54) is 11.3 Å². The highest BCUT2D eigenvalue weighted by molar-refractivity contribution is 7.15. The van der Waals surface area contributed by atoms with Gasteiger partial charge in [0.1, 0.15) is 22.3 Å².